The molecular weight excluding hydrogens is 228 g/mol. The molecule has 2 atom stereocenters. The van der Waals surface area contributed by atoms with E-state index >= 15 is 0 Å². The molecule has 0 aromatic carbocycles. The van der Waals surface area contributed by atoms with E-state index in [9.17, 15) is 5.11 Å². The minimum Gasteiger partial charge on any atom is -0.385 e. The fraction of sp³-hybridized carbons (Fsp3) is 0.733. The molecule has 3 heteroatoms. The first-order valence-electron chi connectivity index (χ1n) is 6.98. The zero-order valence-electron chi connectivity index (χ0n) is 10.9. The number of fused-ring (bicyclic) bond motifs is 1. The van der Waals surface area contributed by atoms with Crippen LogP contribution in [0.3, 0.4) is 0 Å². The molecule has 18 heavy (non-hydrogen) atoms. The van der Waals surface area contributed by atoms with Crippen molar-refractivity contribution < 1.29 is 14.6 Å². The predicted molar refractivity (Wildman–Crippen MR) is 69.1 cm³/mol. The lowest BCUT2D eigenvalue weighted by Crippen LogP contribution is -2.41. The first kappa shape index (κ1) is 12.4. The van der Waals surface area contributed by atoms with Crippen molar-refractivity contribution in [1.29, 1.82) is 0 Å². The molecule has 1 saturated heterocycles. The Labute approximate surface area is 108 Å². The second-order valence-electron chi connectivity index (χ2n) is 5.86. The highest BCUT2D eigenvalue weighted by molar-refractivity contribution is 5.22. The lowest BCUT2D eigenvalue weighted by Gasteiger charge is -2.42. The van der Waals surface area contributed by atoms with Crippen LogP contribution in [-0.4, -0.2) is 29.7 Å². The molecule has 2 fully saturated rings. The van der Waals surface area contributed by atoms with Gasteiger partial charge in [-0.1, -0.05) is 17.7 Å². The smallest absolute Gasteiger partial charge is 0.169 e. The summed E-state index contributed by atoms with van der Waals surface area (Å²) < 4.78 is 11.6. The van der Waals surface area contributed by atoms with E-state index in [0.717, 1.165) is 45.3 Å². The van der Waals surface area contributed by atoms with E-state index in [-0.39, 0.29) is 5.79 Å². The van der Waals surface area contributed by atoms with Crippen LogP contribution in [0, 0.1) is 5.92 Å². The molecule has 100 valence electrons. The molecule has 3 rings (SSSR count). The molecule has 1 saturated carbocycles. The van der Waals surface area contributed by atoms with E-state index in [1.165, 1.54) is 5.57 Å². The molecule has 0 aromatic heterocycles. The van der Waals surface area contributed by atoms with Crippen molar-refractivity contribution in [2.75, 3.05) is 13.2 Å². The van der Waals surface area contributed by atoms with Crippen molar-refractivity contribution in [3.05, 3.63) is 24.3 Å². The van der Waals surface area contributed by atoms with E-state index in [4.69, 9.17) is 9.47 Å². The van der Waals surface area contributed by atoms with Crippen LogP contribution in [0.2, 0.25) is 0 Å². The highest BCUT2D eigenvalue weighted by atomic mass is 16.7. The molecule has 0 aromatic rings. The van der Waals surface area contributed by atoms with Crippen LogP contribution in [0.25, 0.3) is 0 Å². The summed E-state index contributed by atoms with van der Waals surface area (Å²) in [5.74, 6) is 0.220. The Morgan fingerprint density at radius 3 is 2.89 bits per heavy atom. The molecular formula is C15H22O3. The average Bonchev–Trinajstić information content (AvgIpc) is 2.79. The molecule has 1 spiro atoms. The van der Waals surface area contributed by atoms with Crippen molar-refractivity contribution in [2.24, 2.45) is 5.92 Å². The van der Waals surface area contributed by atoms with Gasteiger partial charge in [0.15, 0.2) is 5.79 Å². The molecule has 0 bridgehead atoms. The number of hydrogen-bond acceptors (Lipinski definition) is 3. The van der Waals surface area contributed by atoms with Gasteiger partial charge in [0.25, 0.3) is 0 Å². The quantitative estimate of drug-likeness (QED) is 0.765. The Kier molecular flexibility index (Phi) is 3.08. The van der Waals surface area contributed by atoms with Gasteiger partial charge in [-0.05, 0) is 31.6 Å². The van der Waals surface area contributed by atoms with Crippen molar-refractivity contribution in [2.45, 2.75) is 49.9 Å². The minimum absolute atomic E-state index is 0.310. The molecule has 2 aliphatic carbocycles. The van der Waals surface area contributed by atoms with Gasteiger partial charge in [-0.15, -0.1) is 6.58 Å². The van der Waals surface area contributed by atoms with Gasteiger partial charge >= 0.3 is 0 Å². The van der Waals surface area contributed by atoms with Gasteiger partial charge in [0.2, 0.25) is 0 Å². The number of ether oxygens (including phenoxy) is 2. The highest BCUT2D eigenvalue weighted by Gasteiger charge is 2.45. The maximum atomic E-state index is 10.5. The normalized spacial score (nSPS) is 38.3. The third-order valence-electron chi connectivity index (χ3n) is 4.57. The van der Waals surface area contributed by atoms with Crippen LogP contribution in [0.5, 0.6) is 0 Å². The fourth-order valence-corrected chi connectivity index (χ4v) is 3.64. The zero-order valence-corrected chi connectivity index (χ0v) is 10.9. The maximum Gasteiger partial charge on any atom is 0.169 e. The van der Waals surface area contributed by atoms with Gasteiger partial charge in [-0.25, -0.2) is 0 Å². The minimum atomic E-state index is -0.657. The van der Waals surface area contributed by atoms with Gasteiger partial charge in [0.05, 0.1) is 18.8 Å². The Balaban J connectivity index is 1.75. The summed E-state index contributed by atoms with van der Waals surface area (Å²) >= 11 is 0. The van der Waals surface area contributed by atoms with Crippen LogP contribution in [0.4, 0.5) is 0 Å². The summed E-state index contributed by atoms with van der Waals surface area (Å²) in [5, 5.41) is 10.5. The van der Waals surface area contributed by atoms with E-state index in [1.807, 2.05) is 6.08 Å². The Bertz CT molecular complexity index is 368. The van der Waals surface area contributed by atoms with Crippen molar-refractivity contribution >= 4 is 0 Å². The largest absolute Gasteiger partial charge is 0.385 e. The second-order valence-corrected chi connectivity index (χ2v) is 5.86. The average molecular weight is 250 g/mol. The summed E-state index contributed by atoms with van der Waals surface area (Å²) in [6.45, 7) is 5.19. The number of aliphatic hydroxyl groups is 1. The Morgan fingerprint density at radius 1 is 1.39 bits per heavy atom. The molecule has 0 unspecified atom stereocenters. The van der Waals surface area contributed by atoms with Gasteiger partial charge in [0.1, 0.15) is 0 Å². The summed E-state index contributed by atoms with van der Waals surface area (Å²) in [6, 6.07) is 0. The van der Waals surface area contributed by atoms with Crippen LogP contribution >= 0.6 is 0 Å². The third-order valence-corrected chi connectivity index (χ3v) is 4.57. The first-order chi connectivity index (χ1) is 8.65. The first-order valence-corrected chi connectivity index (χ1v) is 6.98. The van der Waals surface area contributed by atoms with Crippen LogP contribution in [0.15, 0.2) is 24.3 Å². The monoisotopic (exact) mass is 250 g/mol. The van der Waals surface area contributed by atoms with Crippen LogP contribution < -0.4 is 0 Å². The zero-order chi connectivity index (χ0) is 12.6. The van der Waals surface area contributed by atoms with Gasteiger partial charge < -0.3 is 14.6 Å². The Hall–Kier alpha value is -0.640. The molecule has 1 heterocycles. The van der Waals surface area contributed by atoms with Gasteiger partial charge in [-0.3, -0.25) is 0 Å². The lowest BCUT2D eigenvalue weighted by atomic mass is 9.70. The van der Waals surface area contributed by atoms with Crippen molar-refractivity contribution in [1.82, 2.24) is 0 Å². The SMILES string of the molecule is C=CC[C@]1(O)C=C2CCC3(C[C@H]2CC1)OCCO3. The number of allylic oxidation sites excluding steroid dienone is 1. The summed E-state index contributed by atoms with van der Waals surface area (Å²) in [5.41, 5.74) is 0.741. The Morgan fingerprint density at radius 2 is 2.17 bits per heavy atom. The molecule has 1 aliphatic heterocycles. The molecule has 1 N–H and O–H groups in total. The van der Waals surface area contributed by atoms with E-state index in [2.05, 4.69) is 12.7 Å². The van der Waals surface area contributed by atoms with E-state index in [1.54, 1.807) is 0 Å². The summed E-state index contributed by atoms with van der Waals surface area (Å²) in [4.78, 5) is 0. The van der Waals surface area contributed by atoms with Crippen molar-refractivity contribution in [3.8, 4) is 0 Å². The van der Waals surface area contributed by atoms with E-state index < -0.39 is 5.60 Å². The van der Waals surface area contributed by atoms with Crippen molar-refractivity contribution in [3.63, 3.8) is 0 Å². The third kappa shape index (κ3) is 2.15. The fourth-order valence-electron chi connectivity index (χ4n) is 3.64. The second kappa shape index (κ2) is 4.48. The topological polar surface area (TPSA) is 38.7 Å². The standard InChI is InChI=1S/C15H22O3/c1-2-5-14(16)6-3-13-11-15(17-8-9-18-15)7-4-12(13)10-14/h2,10,13,16H,1,3-9,11H2/t13-,14-/m1/s1. The molecule has 3 nitrogen and oxygen atoms in total. The molecule has 0 amide bonds. The number of hydrogen-bond donors (Lipinski definition) is 1. The predicted octanol–water partition coefficient (Wildman–Crippen LogP) is 2.56. The van der Waals surface area contributed by atoms with E-state index in [0.29, 0.717) is 12.3 Å². The summed E-state index contributed by atoms with van der Waals surface area (Å²) in [6.07, 6.45) is 9.29. The van der Waals surface area contributed by atoms with Crippen LogP contribution in [-0.2, 0) is 9.47 Å². The molecule has 0 radical (unpaired) electrons. The maximum absolute atomic E-state index is 10.5. The van der Waals surface area contributed by atoms with Gasteiger partial charge in [0, 0.05) is 12.8 Å². The summed E-state index contributed by atoms with van der Waals surface area (Å²) in [7, 11) is 0. The lowest BCUT2D eigenvalue weighted by molar-refractivity contribution is -0.181. The molecule has 3 aliphatic rings. The number of rotatable bonds is 2. The van der Waals surface area contributed by atoms with Crippen LogP contribution in [0.1, 0.15) is 38.5 Å². The highest BCUT2D eigenvalue weighted by Crippen LogP contribution is 2.47. The van der Waals surface area contributed by atoms with Gasteiger partial charge in [-0.2, -0.15) is 0 Å².